The van der Waals surface area contributed by atoms with Crippen LogP contribution in [0.3, 0.4) is 0 Å². The zero-order chi connectivity index (χ0) is 13.0. The van der Waals surface area contributed by atoms with Crippen molar-refractivity contribution in [3.8, 4) is 0 Å². The van der Waals surface area contributed by atoms with Gasteiger partial charge in [0.2, 0.25) is 0 Å². The third-order valence-corrected chi connectivity index (χ3v) is 4.66. The number of hydrogen-bond donors (Lipinski definition) is 1. The Morgan fingerprint density at radius 3 is 2.67 bits per heavy atom. The molecule has 0 amide bonds. The van der Waals surface area contributed by atoms with Gasteiger partial charge in [0.25, 0.3) is 0 Å². The Bertz CT molecular complexity index is 389. The summed E-state index contributed by atoms with van der Waals surface area (Å²) in [4.78, 5) is 2.51. The molecule has 0 aromatic heterocycles. The Balaban J connectivity index is 1.87. The molecule has 0 unspecified atom stereocenters. The van der Waals surface area contributed by atoms with Crippen molar-refractivity contribution in [2.45, 2.75) is 25.8 Å². The van der Waals surface area contributed by atoms with E-state index in [0.29, 0.717) is 0 Å². The maximum absolute atomic E-state index is 5.96. The summed E-state index contributed by atoms with van der Waals surface area (Å²) in [7, 11) is 0. The first kappa shape index (κ1) is 14.3. The van der Waals surface area contributed by atoms with Crippen LogP contribution in [-0.2, 0) is 6.54 Å². The van der Waals surface area contributed by atoms with Gasteiger partial charge >= 0.3 is 0 Å². The molecule has 0 spiro atoms. The second-order valence-electron chi connectivity index (χ2n) is 5.03. The van der Waals surface area contributed by atoms with E-state index in [0.717, 1.165) is 28.5 Å². The molecule has 1 aromatic rings. The summed E-state index contributed by atoms with van der Waals surface area (Å²) in [6.45, 7) is 4.19. The number of nitrogens with two attached hydrogens (primary N) is 1. The highest BCUT2D eigenvalue weighted by molar-refractivity contribution is 9.10. The Labute approximate surface area is 123 Å². The van der Waals surface area contributed by atoms with E-state index in [9.17, 15) is 0 Å². The number of rotatable bonds is 4. The molecule has 1 aliphatic heterocycles. The third kappa shape index (κ3) is 3.95. The van der Waals surface area contributed by atoms with E-state index >= 15 is 0 Å². The first-order valence-electron chi connectivity index (χ1n) is 6.55. The van der Waals surface area contributed by atoms with Gasteiger partial charge < -0.3 is 5.73 Å². The van der Waals surface area contributed by atoms with Crippen molar-refractivity contribution in [1.29, 1.82) is 0 Å². The summed E-state index contributed by atoms with van der Waals surface area (Å²) in [5.74, 6) is 0.833. The molecule has 0 bridgehead atoms. The molecule has 1 aromatic carbocycles. The molecule has 100 valence electrons. The molecule has 0 aliphatic carbocycles. The predicted molar refractivity (Wildman–Crippen MR) is 80.8 cm³/mol. The van der Waals surface area contributed by atoms with Crippen molar-refractivity contribution >= 4 is 27.5 Å². The van der Waals surface area contributed by atoms with Crippen molar-refractivity contribution in [3.63, 3.8) is 0 Å². The topological polar surface area (TPSA) is 29.3 Å². The lowest BCUT2D eigenvalue weighted by Crippen LogP contribution is -2.33. The van der Waals surface area contributed by atoms with E-state index in [1.54, 1.807) is 0 Å². The quantitative estimate of drug-likeness (QED) is 0.912. The molecule has 0 saturated carbocycles. The molecule has 0 radical (unpaired) electrons. The lowest BCUT2D eigenvalue weighted by atomic mass is 9.93. The molecule has 4 heteroatoms. The van der Waals surface area contributed by atoms with Gasteiger partial charge in [0.15, 0.2) is 0 Å². The fourth-order valence-electron chi connectivity index (χ4n) is 2.56. The highest BCUT2D eigenvalue weighted by atomic mass is 79.9. The van der Waals surface area contributed by atoms with Crippen LogP contribution in [0.4, 0.5) is 0 Å². The largest absolute Gasteiger partial charge is 0.330 e. The molecular weight excluding hydrogens is 312 g/mol. The van der Waals surface area contributed by atoms with Gasteiger partial charge in [-0.3, -0.25) is 4.90 Å². The molecule has 1 aliphatic rings. The average molecular weight is 332 g/mol. The average Bonchev–Trinajstić information content (AvgIpc) is 2.35. The normalized spacial score (nSPS) is 18.2. The Morgan fingerprint density at radius 1 is 1.33 bits per heavy atom. The van der Waals surface area contributed by atoms with Gasteiger partial charge in [0.05, 0.1) is 0 Å². The summed E-state index contributed by atoms with van der Waals surface area (Å²) in [6.07, 6.45) is 3.74. The molecule has 2 N–H and O–H groups in total. The van der Waals surface area contributed by atoms with Crippen LogP contribution in [-0.4, -0.2) is 24.5 Å². The zero-order valence-corrected chi connectivity index (χ0v) is 12.9. The van der Waals surface area contributed by atoms with Crippen LogP contribution in [0.2, 0.25) is 5.02 Å². The summed E-state index contributed by atoms with van der Waals surface area (Å²) in [5, 5.41) is 0.785. The van der Waals surface area contributed by atoms with Crippen molar-refractivity contribution < 1.29 is 0 Å². The first-order valence-corrected chi connectivity index (χ1v) is 7.72. The second kappa shape index (κ2) is 6.90. The van der Waals surface area contributed by atoms with Gasteiger partial charge in [0, 0.05) is 16.0 Å². The molecule has 1 saturated heterocycles. The van der Waals surface area contributed by atoms with E-state index in [2.05, 4.69) is 26.9 Å². The molecule has 1 heterocycles. The minimum absolute atomic E-state index is 0.785. The molecule has 2 rings (SSSR count). The van der Waals surface area contributed by atoms with Crippen LogP contribution in [0, 0.1) is 5.92 Å². The number of piperidine rings is 1. The van der Waals surface area contributed by atoms with Crippen LogP contribution < -0.4 is 5.73 Å². The summed E-state index contributed by atoms with van der Waals surface area (Å²) in [6, 6.07) is 6.04. The first-order chi connectivity index (χ1) is 8.69. The SMILES string of the molecule is NCCC1CCN(Cc2ccc(Cl)cc2Br)CC1. The van der Waals surface area contributed by atoms with E-state index in [1.807, 2.05) is 12.1 Å². The standard InChI is InChI=1S/C14H20BrClN2/c15-14-9-13(16)2-1-12(14)10-18-7-4-11(3-6-17)5-8-18/h1-2,9,11H,3-8,10,17H2. The fourth-order valence-corrected chi connectivity index (χ4v) is 3.37. The fraction of sp³-hybridized carbons (Fsp3) is 0.571. The maximum atomic E-state index is 5.96. The van der Waals surface area contributed by atoms with Crippen molar-refractivity contribution in [3.05, 3.63) is 33.3 Å². The molecular formula is C14H20BrClN2. The van der Waals surface area contributed by atoms with Gasteiger partial charge in [-0.25, -0.2) is 0 Å². The summed E-state index contributed by atoms with van der Waals surface area (Å²) >= 11 is 9.54. The van der Waals surface area contributed by atoms with Crippen LogP contribution in [0.5, 0.6) is 0 Å². The Kier molecular flexibility index (Phi) is 5.49. The lowest BCUT2D eigenvalue weighted by Gasteiger charge is -2.32. The van der Waals surface area contributed by atoms with Crippen LogP contribution >= 0.6 is 27.5 Å². The molecule has 2 nitrogen and oxygen atoms in total. The Morgan fingerprint density at radius 2 is 2.06 bits per heavy atom. The number of halogens is 2. The summed E-state index contributed by atoms with van der Waals surface area (Å²) in [5.41, 5.74) is 6.94. The van der Waals surface area contributed by atoms with E-state index < -0.39 is 0 Å². The van der Waals surface area contributed by atoms with Crippen LogP contribution in [0.1, 0.15) is 24.8 Å². The third-order valence-electron chi connectivity index (χ3n) is 3.69. The minimum Gasteiger partial charge on any atom is -0.330 e. The Hall–Kier alpha value is -0.0900. The number of hydrogen-bond acceptors (Lipinski definition) is 2. The van der Waals surface area contributed by atoms with Gasteiger partial charge in [-0.2, -0.15) is 0 Å². The van der Waals surface area contributed by atoms with Gasteiger partial charge in [0.1, 0.15) is 0 Å². The molecule has 1 fully saturated rings. The van der Waals surface area contributed by atoms with E-state index in [-0.39, 0.29) is 0 Å². The minimum atomic E-state index is 0.785. The monoisotopic (exact) mass is 330 g/mol. The molecule has 0 atom stereocenters. The lowest BCUT2D eigenvalue weighted by molar-refractivity contribution is 0.173. The van der Waals surface area contributed by atoms with Crippen molar-refractivity contribution in [2.75, 3.05) is 19.6 Å². The van der Waals surface area contributed by atoms with Gasteiger partial charge in [-0.15, -0.1) is 0 Å². The maximum Gasteiger partial charge on any atom is 0.0417 e. The van der Waals surface area contributed by atoms with E-state index in [4.69, 9.17) is 17.3 Å². The van der Waals surface area contributed by atoms with Crippen molar-refractivity contribution in [1.82, 2.24) is 4.90 Å². The van der Waals surface area contributed by atoms with E-state index in [1.165, 1.54) is 37.9 Å². The zero-order valence-electron chi connectivity index (χ0n) is 10.5. The highest BCUT2D eigenvalue weighted by Gasteiger charge is 2.19. The molecule has 18 heavy (non-hydrogen) atoms. The van der Waals surface area contributed by atoms with Gasteiger partial charge in [-0.05, 0) is 62.5 Å². The van der Waals surface area contributed by atoms with Crippen LogP contribution in [0.25, 0.3) is 0 Å². The van der Waals surface area contributed by atoms with Crippen LogP contribution in [0.15, 0.2) is 22.7 Å². The second-order valence-corrected chi connectivity index (χ2v) is 6.32. The van der Waals surface area contributed by atoms with Gasteiger partial charge in [-0.1, -0.05) is 33.6 Å². The summed E-state index contributed by atoms with van der Waals surface area (Å²) < 4.78 is 1.11. The smallest absolute Gasteiger partial charge is 0.0417 e. The predicted octanol–water partition coefficient (Wildman–Crippen LogP) is 3.66. The van der Waals surface area contributed by atoms with Crippen molar-refractivity contribution in [2.24, 2.45) is 11.7 Å². The highest BCUT2D eigenvalue weighted by Crippen LogP contribution is 2.25. The number of nitrogens with zero attached hydrogens (tertiary/aromatic N) is 1. The number of benzene rings is 1. The number of likely N-dealkylation sites (tertiary alicyclic amines) is 1.